The van der Waals surface area contributed by atoms with Crippen molar-refractivity contribution in [3.8, 4) is 0 Å². The lowest BCUT2D eigenvalue weighted by Crippen LogP contribution is -2.03. The Balaban J connectivity index is 1.98. The third-order valence-corrected chi connectivity index (χ3v) is 2.64. The Labute approximate surface area is 97.5 Å². The summed E-state index contributed by atoms with van der Waals surface area (Å²) in [5.41, 5.74) is 0. The summed E-state index contributed by atoms with van der Waals surface area (Å²) in [6.45, 7) is 0.202. The molecule has 0 amide bonds. The third kappa shape index (κ3) is 2.90. The quantitative estimate of drug-likeness (QED) is 0.904. The van der Waals surface area contributed by atoms with Crippen molar-refractivity contribution >= 4 is 16.5 Å². The molecular formula is C7H7F3N6S. The number of hydrogen-bond acceptors (Lipinski definition) is 6. The van der Waals surface area contributed by atoms with Crippen LogP contribution >= 0.6 is 11.3 Å². The highest BCUT2D eigenvalue weighted by atomic mass is 32.1. The fourth-order valence-corrected chi connectivity index (χ4v) is 1.64. The van der Waals surface area contributed by atoms with E-state index < -0.39 is 11.2 Å². The van der Waals surface area contributed by atoms with Gasteiger partial charge in [-0.05, 0) is 0 Å². The van der Waals surface area contributed by atoms with Crippen molar-refractivity contribution < 1.29 is 13.2 Å². The molecular weight excluding hydrogens is 257 g/mol. The summed E-state index contributed by atoms with van der Waals surface area (Å²) in [4.78, 5) is 3.91. The fraction of sp³-hybridized carbons (Fsp3) is 0.429. The van der Waals surface area contributed by atoms with Gasteiger partial charge in [0.1, 0.15) is 6.33 Å². The monoisotopic (exact) mass is 264 g/mol. The predicted molar refractivity (Wildman–Crippen MR) is 53.2 cm³/mol. The predicted octanol–water partition coefficient (Wildman–Crippen LogP) is 1.30. The first-order valence-electron chi connectivity index (χ1n) is 4.44. The van der Waals surface area contributed by atoms with E-state index in [1.165, 1.54) is 11.0 Å². The lowest BCUT2D eigenvalue weighted by molar-refractivity contribution is -0.138. The van der Waals surface area contributed by atoms with Crippen molar-refractivity contribution in [2.75, 3.05) is 5.32 Å². The minimum absolute atomic E-state index is 0.0878. The minimum Gasteiger partial charge on any atom is -0.353 e. The molecule has 6 nitrogen and oxygen atoms in total. The molecule has 2 aromatic heterocycles. The number of aromatic nitrogens is 5. The molecule has 17 heavy (non-hydrogen) atoms. The number of anilines is 1. The number of alkyl halides is 3. The highest BCUT2D eigenvalue weighted by Gasteiger charge is 2.35. The molecule has 0 aliphatic rings. The number of aryl methyl sites for hydroxylation is 1. The zero-order valence-electron chi connectivity index (χ0n) is 8.56. The van der Waals surface area contributed by atoms with Gasteiger partial charge in [0.2, 0.25) is 10.1 Å². The average molecular weight is 264 g/mol. The number of nitrogens with zero attached hydrogens (tertiary/aromatic N) is 5. The van der Waals surface area contributed by atoms with Gasteiger partial charge in [-0.15, -0.1) is 10.2 Å². The molecule has 0 radical (unpaired) electrons. The second kappa shape index (κ2) is 4.28. The van der Waals surface area contributed by atoms with Crippen LogP contribution in [0, 0.1) is 0 Å². The number of rotatable bonds is 3. The maximum absolute atomic E-state index is 12.2. The Morgan fingerprint density at radius 2 is 2.18 bits per heavy atom. The molecule has 0 bridgehead atoms. The molecule has 2 aromatic rings. The molecule has 0 spiro atoms. The van der Waals surface area contributed by atoms with E-state index in [4.69, 9.17) is 0 Å². The first kappa shape index (κ1) is 11.8. The summed E-state index contributed by atoms with van der Waals surface area (Å²) in [5, 5.41) is 12.2. The zero-order chi connectivity index (χ0) is 12.5. The SMILES string of the molecule is Cn1cnc(CNc2nnc(C(F)(F)F)s2)n1. The highest BCUT2D eigenvalue weighted by Crippen LogP contribution is 2.32. The van der Waals surface area contributed by atoms with Crippen molar-refractivity contribution in [2.45, 2.75) is 12.7 Å². The number of hydrogen-bond donors (Lipinski definition) is 1. The van der Waals surface area contributed by atoms with Crippen molar-refractivity contribution in [2.24, 2.45) is 7.05 Å². The van der Waals surface area contributed by atoms with Crippen LogP contribution in [0.3, 0.4) is 0 Å². The van der Waals surface area contributed by atoms with Crippen molar-refractivity contribution in [1.82, 2.24) is 25.0 Å². The maximum atomic E-state index is 12.2. The van der Waals surface area contributed by atoms with Gasteiger partial charge in [0, 0.05) is 7.05 Å². The molecule has 2 heterocycles. The molecule has 0 aliphatic heterocycles. The van der Waals surface area contributed by atoms with Crippen LogP contribution < -0.4 is 5.32 Å². The van der Waals surface area contributed by atoms with Gasteiger partial charge in [0.05, 0.1) is 6.54 Å². The molecule has 0 aromatic carbocycles. The zero-order valence-corrected chi connectivity index (χ0v) is 9.38. The van der Waals surface area contributed by atoms with E-state index in [1.807, 2.05) is 0 Å². The van der Waals surface area contributed by atoms with E-state index in [0.717, 1.165) is 0 Å². The van der Waals surface area contributed by atoms with E-state index in [0.29, 0.717) is 17.2 Å². The lowest BCUT2D eigenvalue weighted by atomic mass is 10.6. The lowest BCUT2D eigenvalue weighted by Gasteiger charge is -1.98. The van der Waals surface area contributed by atoms with Crippen LogP contribution in [0.25, 0.3) is 0 Å². The molecule has 0 saturated carbocycles. The largest absolute Gasteiger partial charge is 0.445 e. The Hall–Kier alpha value is -1.71. The van der Waals surface area contributed by atoms with Crippen molar-refractivity contribution in [3.05, 3.63) is 17.2 Å². The summed E-state index contributed by atoms with van der Waals surface area (Å²) < 4.78 is 38.2. The van der Waals surface area contributed by atoms with E-state index in [1.54, 1.807) is 7.05 Å². The van der Waals surface area contributed by atoms with Crippen LogP contribution in [0.15, 0.2) is 6.33 Å². The summed E-state index contributed by atoms with van der Waals surface area (Å²) >= 11 is 0.445. The summed E-state index contributed by atoms with van der Waals surface area (Å²) in [5.74, 6) is 0.469. The molecule has 0 saturated heterocycles. The second-order valence-electron chi connectivity index (χ2n) is 3.10. The van der Waals surface area contributed by atoms with Gasteiger partial charge in [-0.1, -0.05) is 11.3 Å². The Kier molecular flexibility index (Phi) is 2.96. The number of halogens is 3. The van der Waals surface area contributed by atoms with Crippen molar-refractivity contribution in [1.29, 1.82) is 0 Å². The van der Waals surface area contributed by atoms with Gasteiger partial charge >= 0.3 is 6.18 Å². The highest BCUT2D eigenvalue weighted by molar-refractivity contribution is 7.15. The van der Waals surface area contributed by atoms with Gasteiger partial charge in [-0.25, -0.2) is 4.98 Å². The fourth-order valence-electron chi connectivity index (χ4n) is 1.03. The summed E-state index contributed by atoms with van der Waals surface area (Å²) in [7, 11) is 1.70. The van der Waals surface area contributed by atoms with E-state index in [2.05, 4.69) is 25.6 Å². The van der Waals surface area contributed by atoms with E-state index >= 15 is 0 Å². The second-order valence-corrected chi connectivity index (χ2v) is 4.08. The molecule has 92 valence electrons. The average Bonchev–Trinajstić information content (AvgIpc) is 2.82. The van der Waals surface area contributed by atoms with Crippen molar-refractivity contribution in [3.63, 3.8) is 0 Å². The Morgan fingerprint density at radius 3 is 2.71 bits per heavy atom. The van der Waals surface area contributed by atoms with E-state index in [9.17, 15) is 13.2 Å². The molecule has 10 heteroatoms. The summed E-state index contributed by atoms with van der Waals surface area (Å²) in [6, 6.07) is 0. The van der Waals surface area contributed by atoms with Gasteiger partial charge in [-0.3, -0.25) is 4.68 Å². The molecule has 0 aliphatic carbocycles. The van der Waals surface area contributed by atoms with Crippen LogP contribution in [0.4, 0.5) is 18.3 Å². The smallest absolute Gasteiger partial charge is 0.353 e. The first-order chi connectivity index (χ1) is 7.95. The summed E-state index contributed by atoms with van der Waals surface area (Å²) in [6.07, 6.45) is -2.96. The van der Waals surface area contributed by atoms with Crippen LogP contribution in [-0.2, 0) is 19.8 Å². The molecule has 0 atom stereocenters. The van der Waals surface area contributed by atoms with E-state index in [-0.39, 0.29) is 11.7 Å². The topological polar surface area (TPSA) is 68.5 Å². The molecule has 0 unspecified atom stereocenters. The third-order valence-electron chi connectivity index (χ3n) is 1.71. The molecule has 2 rings (SSSR count). The Morgan fingerprint density at radius 1 is 1.41 bits per heavy atom. The Bertz CT molecular complexity index is 504. The minimum atomic E-state index is -4.46. The molecule has 0 fully saturated rings. The van der Waals surface area contributed by atoms with Crippen LogP contribution in [0.1, 0.15) is 10.8 Å². The van der Waals surface area contributed by atoms with Crippen LogP contribution in [0.5, 0.6) is 0 Å². The van der Waals surface area contributed by atoms with Gasteiger partial charge in [-0.2, -0.15) is 18.3 Å². The van der Waals surface area contributed by atoms with Gasteiger partial charge < -0.3 is 5.32 Å². The van der Waals surface area contributed by atoms with Crippen LogP contribution in [0.2, 0.25) is 0 Å². The first-order valence-corrected chi connectivity index (χ1v) is 5.26. The molecule has 1 N–H and O–H groups in total. The van der Waals surface area contributed by atoms with Gasteiger partial charge in [0.25, 0.3) is 0 Å². The maximum Gasteiger partial charge on any atom is 0.445 e. The van der Waals surface area contributed by atoms with Gasteiger partial charge in [0.15, 0.2) is 5.82 Å². The normalized spacial score (nSPS) is 11.8. The van der Waals surface area contributed by atoms with Crippen LogP contribution in [-0.4, -0.2) is 25.0 Å². The number of nitrogens with one attached hydrogen (secondary N) is 1. The standard InChI is InChI=1S/C7H7F3N6S/c1-16-3-12-4(15-16)2-11-6-14-13-5(17-6)7(8,9)10/h3H,2H2,1H3,(H,11,14).